The molecule has 0 aliphatic carbocycles. The van der Waals surface area contributed by atoms with Gasteiger partial charge in [-0.2, -0.15) is 5.10 Å². The molecule has 0 aromatic heterocycles. The minimum atomic E-state index is -0.269. The first-order valence-electron chi connectivity index (χ1n) is 6.96. The molecule has 0 heterocycles. The number of benzene rings is 2. The molecule has 1 N–H and O–H groups in total. The van der Waals surface area contributed by atoms with Crippen molar-refractivity contribution in [2.24, 2.45) is 5.10 Å². The van der Waals surface area contributed by atoms with E-state index >= 15 is 0 Å². The van der Waals surface area contributed by atoms with Gasteiger partial charge in [0, 0.05) is 25.3 Å². The molecule has 23 heavy (non-hydrogen) atoms. The average molecular weight is 350 g/mol. The monoisotopic (exact) mass is 349 g/mol. The van der Waals surface area contributed by atoms with Gasteiger partial charge in [-0.1, -0.05) is 29.3 Å². The zero-order chi connectivity index (χ0) is 17.0. The van der Waals surface area contributed by atoms with Gasteiger partial charge in [0.25, 0.3) is 5.91 Å². The van der Waals surface area contributed by atoms with Crippen molar-refractivity contribution >= 4 is 40.5 Å². The topological polar surface area (TPSA) is 44.7 Å². The number of nitrogens with one attached hydrogen (secondary N) is 1. The zero-order valence-corrected chi connectivity index (χ0v) is 14.6. The van der Waals surface area contributed by atoms with Crippen molar-refractivity contribution in [2.75, 3.05) is 19.0 Å². The van der Waals surface area contributed by atoms with Gasteiger partial charge in [-0.05, 0) is 48.9 Å². The highest BCUT2D eigenvalue weighted by Crippen LogP contribution is 2.22. The average Bonchev–Trinajstić information content (AvgIpc) is 2.54. The van der Waals surface area contributed by atoms with Gasteiger partial charge in [-0.15, -0.1) is 0 Å². The van der Waals surface area contributed by atoms with Gasteiger partial charge in [0.05, 0.1) is 15.8 Å². The number of hydrazone groups is 1. The predicted molar refractivity (Wildman–Crippen MR) is 96.9 cm³/mol. The highest BCUT2D eigenvalue weighted by atomic mass is 35.5. The lowest BCUT2D eigenvalue weighted by molar-refractivity contribution is 0.0955. The Kier molecular flexibility index (Phi) is 5.64. The molecule has 0 bridgehead atoms. The molecular weight excluding hydrogens is 333 g/mol. The first-order valence-corrected chi connectivity index (χ1v) is 7.71. The van der Waals surface area contributed by atoms with Gasteiger partial charge in [-0.25, -0.2) is 5.43 Å². The van der Waals surface area contributed by atoms with Crippen LogP contribution in [-0.2, 0) is 0 Å². The summed E-state index contributed by atoms with van der Waals surface area (Å²) < 4.78 is 0. The SMILES string of the molecule is C/C(=N/NC(=O)c1ccc(N(C)C)cc1)c1ccc(Cl)c(Cl)c1. The van der Waals surface area contributed by atoms with Gasteiger partial charge in [0.15, 0.2) is 0 Å². The maximum absolute atomic E-state index is 12.1. The molecule has 0 saturated carbocycles. The molecule has 4 nitrogen and oxygen atoms in total. The van der Waals surface area contributed by atoms with E-state index in [1.165, 1.54) is 0 Å². The third-order valence-corrected chi connectivity index (χ3v) is 4.05. The molecule has 0 saturated heterocycles. The molecule has 2 aromatic carbocycles. The molecule has 0 fully saturated rings. The highest BCUT2D eigenvalue weighted by molar-refractivity contribution is 6.42. The van der Waals surface area contributed by atoms with Crippen molar-refractivity contribution in [2.45, 2.75) is 6.92 Å². The number of carbonyl (C=O) groups is 1. The summed E-state index contributed by atoms with van der Waals surface area (Å²) >= 11 is 11.9. The Morgan fingerprint density at radius 1 is 1.00 bits per heavy atom. The smallest absolute Gasteiger partial charge is 0.271 e. The van der Waals surface area contributed by atoms with Crippen LogP contribution in [0.4, 0.5) is 5.69 Å². The fraction of sp³-hybridized carbons (Fsp3) is 0.176. The van der Waals surface area contributed by atoms with Crippen molar-refractivity contribution in [1.82, 2.24) is 5.43 Å². The molecule has 0 radical (unpaired) electrons. The predicted octanol–water partition coefficient (Wildman–Crippen LogP) is 4.21. The van der Waals surface area contributed by atoms with Crippen LogP contribution in [0.15, 0.2) is 47.6 Å². The Bertz CT molecular complexity index is 740. The lowest BCUT2D eigenvalue weighted by atomic mass is 10.1. The Morgan fingerprint density at radius 3 is 2.17 bits per heavy atom. The fourth-order valence-electron chi connectivity index (χ4n) is 1.90. The number of halogens is 2. The molecule has 6 heteroatoms. The van der Waals surface area contributed by atoms with Crippen molar-refractivity contribution in [3.8, 4) is 0 Å². The molecule has 0 unspecified atom stereocenters. The first-order chi connectivity index (χ1) is 10.9. The summed E-state index contributed by atoms with van der Waals surface area (Å²) in [6, 6.07) is 12.5. The number of nitrogens with zero attached hydrogens (tertiary/aromatic N) is 2. The minimum absolute atomic E-state index is 0.269. The summed E-state index contributed by atoms with van der Waals surface area (Å²) in [6.45, 7) is 1.79. The molecule has 0 spiro atoms. The van der Waals surface area contributed by atoms with Gasteiger partial charge < -0.3 is 4.90 Å². The van der Waals surface area contributed by atoms with Crippen molar-refractivity contribution < 1.29 is 4.79 Å². The Morgan fingerprint density at radius 2 is 1.61 bits per heavy atom. The van der Waals surface area contributed by atoms with Crippen LogP contribution < -0.4 is 10.3 Å². The van der Waals surface area contributed by atoms with Gasteiger partial charge in [0.2, 0.25) is 0 Å². The second kappa shape index (κ2) is 7.49. The first kappa shape index (κ1) is 17.3. The Balaban J connectivity index is 2.08. The molecule has 0 aliphatic heterocycles. The van der Waals surface area contributed by atoms with Crippen molar-refractivity contribution in [3.05, 3.63) is 63.6 Å². The maximum atomic E-state index is 12.1. The molecule has 2 rings (SSSR count). The summed E-state index contributed by atoms with van der Waals surface area (Å²) in [4.78, 5) is 14.1. The molecule has 2 aromatic rings. The summed E-state index contributed by atoms with van der Waals surface area (Å²) in [6.07, 6.45) is 0. The maximum Gasteiger partial charge on any atom is 0.271 e. The van der Waals surface area contributed by atoms with E-state index in [2.05, 4.69) is 10.5 Å². The van der Waals surface area contributed by atoms with Crippen LogP contribution in [0.3, 0.4) is 0 Å². The van der Waals surface area contributed by atoms with E-state index in [1.54, 1.807) is 37.3 Å². The lowest BCUT2D eigenvalue weighted by Gasteiger charge is -2.12. The largest absolute Gasteiger partial charge is 0.378 e. The zero-order valence-electron chi connectivity index (χ0n) is 13.1. The number of carbonyl (C=O) groups excluding carboxylic acids is 1. The van der Waals surface area contributed by atoms with Crippen molar-refractivity contribution in [3.63, 3.8) is 0 Å². The summed E-state index contributed by atoms with van der Waals surface area (Å²) in [5.41, 5.74) is 5.54. The van der Waals surface area contributed by atoms with Crippen LogP contribution in [-0.4, -0.2) is 25.7 Å². The fourth-order valence-corrected chi connectivity index (χ4v) is 2.19. The second-order valence-electron chi connectivity index (χ2n) is 5.21. The highest BCUT2D eigenvalue weighted by Gasteiger charge is 2.06. The van der Waals surface area contributed by atoms with E-state index in [9.17, 15) is 4.79 Å². The molecule has 1 amide bonds. The number of hydrogen-bond acceptors (Lipinski definition) is 3. The van der Waals surface area contributed by atoms with Crippen LogP contribution >= 0.6 is 23.2 Å². The minimum Gasteiger partial charge on any atom is -0.378 e. The van der Waals surface area contributed by atoms with Crippen molar-refractivity contribution in [1.29, 1.82) is 0 Å². The summed E-state index contributed by atoms with van der Waals surface area (Å²) in [5, 5.41) is 5.03. The number of anilines is 1. The summed E-state index contributed by atoms with van der Waals surface area (Å²) in [5.74, 6) is -0.269. The van der Waals surface area contributed by atoms with E-state index < -0.39 is 0 Å². The van der Waals surface area contributed by atoms with Gasteiger partial charge in [0.1, 0.15) is 0 Å². The van der Waals surface area contributed by atoms with Crippen LogP contribution in [0.25, 0.3) is 0 Å². The van der Waals surface area contributed by atoms with E-state index in [4.69, 9.17) is 23.2 Å². The quantitative estimate of drug-likeness (QED) is 0.663. The third-order valence-electron chi connectivity index (χ3n) is 3.31. The van der Waals surface area contributed by atoms with Crippen LogP contribution in [0, 0.1) is 0 Å². The normalized spacial score (nSPS) is 11.3. The van der Waals surface area contributed by atoms with Crippen LogP contribution in [0.1, 0.15) is 22.8 Å². The standard InChI is InChI=1S/C17H17Cl2N3O/c1-11(13-6-9-15(18)16(19)10-13)20-21-17(23)12-4-7-14(8-5-12)22(2)3/h4-10H,1-3H3,(H,21,23)/b20-11-. The molecular formula is C17H17Cl2N3O. The molecule has 120 valence electrons. The van der Waals surface area contributed by atoms with E-state index in [-0.39, 0.29) is 5.91 Å². The van der Waals surface area contributed by atoms with E-state index in [1.807, 2.05) is 31.1 Å². The number of amides is 1. The molecule has 0 atom stereocenters. The molecule has 0 aliphatic rings. The summed E-state index contributed by atoms with van der Waals surface area (Å²) in [7, 11) is 3.89. The van der Waals surface area contributed by atoms with E-state index in [0.717, 1.165) is 11.3 Å². The number of hydrogen-bond donors (Lipinski definition) is 1. The third kappa shape index (κ3) is 4.47. The van der Waals surface area contributed by atoms with Gasteiger partial charge in [-0.3, -0.25) is 4.79 Å². The number of rotatable bonds is 4. The Labute approximate surface area is 145 Å². The lowest BCUT2D eigenvalue weighted by Crippen LogP contribution is -2.19. The van der Waals surface area contributed by atoms with E-state index in [0.29, 0.717) is 21.3 Å². The Hall–Kier alpha value is -2.04. The second-order valence-corrected chi connectivity index (χ2v) is 6.02. The van der Waals surface area contributed by atoms with Crippen LogP contribution in [0.5, 0.6) is 0 Å². The van der Waals surface area contributed by atoms with Gasteiger partial charge >= 0.3 is 0 Å². The van der Waals surface area contributed by atoms with Crippen LogP contribution in [0.2, 0.25) is 10.0 Å².